The van der Waals surface area contributed by atoms with E-state index in [1.807, 2.05) is 0 Å². The predicted molar refractivity (Wildman–Crippen MR) is 160 cm³/mol. The number of hydrogen-bond acceptors (Lipinski definition) is 10. The van der Waals surface area contributed by atoms with Crippen LogP contribution in [0.5, 0.6) is 5.75 Å². The summed E-state index contributed by atoms with van der Waals surface area (Å²) < 4.78 is 25.9. The molecule has 0 spiro atoms. The second-order valence-corrected chi connectivity index (χ2v) is 11.3. The van der Waals surface area contributed by atoms with Crippen LogP contribution in [0.3, 0.4) is 0 Å². The van der Waals surface area contributed by atoms with Gasteiger partial charge < -0.3 is 23.7 Å². The summed E-state index contributed by atoms with van der Waals surface area (Å²) in [4.78, 5) is 59.9. The number of hydrogen-bond donors (Lipinski definition) is 0. The fourth-order valence-corrected chi connectivity index (χ4v) is 5.95. The maximum absolute atomic E-state index is 12.8. The normalized spacial score (nSPS) is 21.3. The SMILES string of the molecule is C=CC(=O)OCCCCOC(=O)C1CCC(C2CCC(CC(=O)Oc3ccccc3C(=O)OCCOC(=O)C=C)CC2)CC1. The minimum atomic E-state index is -0.671. The van der Waals surface area contributed by atoms with Gasteiger partial charge in [-0.1, -0.05) is 25.3 Å². The van der Waals surface area contributed by atoms with E-state index >= 15 is 0 Å². The van der Waals surface area contributed by atoms with Gasteiger partial charge in [0.25, 0.3) is 0 Å². The number of esters is 5. The quantitative estimate of drug-likeness (QED) is 0.0771. The van der Waals surface area contributed by atoms with Gasteiger partial charge in [-0.25, -0.2) is 14.4 Å². The van der Waals surface area contributed by atoms with E-state index in [0.717, 1.165) is 63.5 Å². The molecule has 2 saturated carbocycles. The van der Waals surface area contributed by atoms with E-state index in [2.05, 4.69) is 13.2 Å². The van der Waals surface area contributed by atoms with Gasteiger partial charge in [0.15, 0.2) is 0 Å². The van der Waals surface area contributed by atoms with Crippen molar-refractivity contribution < 1.29 is 47.7 Å². The number of benzene rings is 1. The lowest BCUT2D eigenvalue weighted by Crippen LogP contribution is -2.30. The maximum atomic E-state index is 12.8. The van der Waals surface area contributed by atoms with Crippen molar-refractivity contribution in [1.29, 1.82) is 0 Å². The fraction of sp³-hybridized carbons (Fsp3) is 0.559. The number of rotatable bonds is 16. The Kier molecular flexibility index (Phi) is 14.6. The highest BCUT2D eigenvalue weighted by Gasteiger charge is 2.34. The molecule has 240 valence electrons. The zero-order chi connectivity index (χ0) is 31.7. The van der Waals surface area contributed by atoms with Crippen molar-refractivity contribution in [1.82, 2.24) is 0 Å². The number of unbranched alkanes of at least 4 members (excludes halogenated alkanes) is 1. The summed E-state index contributed by atoms with van der Waals surface area (Å²) >= 11 is 0. The van der Waals surface area contributed by atoms with Crippen molar-refractivity contribution in [3.8, 4) is 5.75 Å². The fourth-order valence-electron chi connectivity index (χ4n) is 5.95. The Balaban J connectivity index is 1.32. The molecule has 0 aliphatic heterocycles. The second kappa shape index (κ2) is 18.7. The van der Waals surface area contributed by atoms with Crippen molar-refractivity contribution >= 4 is 29.8 Å². The number of para-hydroxylation sites is 1. The molecule has 1 aromatic rings. The lowest BCUT2D eigenvalue weighted by Gasteiger charge is -2.37. The minimum Gasteiger partial charge on any atom is -0.465 e. The van der Waals surface area contributed by atoms with E-state index in [-0.39, 0.29) is 54.7 Å². The molecule has 10 nitrogen and oxygen atoms in total. The van der Waals surface area contributed by atoms with Crippen LogP contribution in [0, 0.1) is 23.7 Å². The van der Waals surface area contributed by atoms with Crippen molar-refractivity contribution in [2.24, 2.45) is 23.7 Å². The van der Waals surface area contributed by atoms with Gasteiger partial charge in [0, 0.05) is 18.6 Å². The van der Waals surface area contributed by atoms with E-state index in [1.54, 1.807) is 18.2 Å². The molecule has 44 heavy (non-hydrogen) atoms. The first-order chi connectivity index (χ1) is 21.3. The van der Waals surface area contributed by atoms with E-state index < -0.39 is 17.9 Å². The van der Waals surface area contributed by atoms with E-state index in [9.17, 15) is 24.0 Å². The first-order valence-electron chi connectivity index (χ1n) is 15.5. The van der Waals surface area contributed by atoms with Gasteiger partial charge in [-0.15, -0.1) is 0 Å². The van der Waals surface area contributed by atoms with Crippen LogP contribution in [-0.4, -0.2) is 56.3 Å². The molecular weight excluding hydrogens is 568 g/mol. The molecule has 0 unspecified atom stereocenters. The monoisotopic (exact) mass is 612 g/mol. The Bertz CT molecular complexity index is 1140. The van der Waals surface area contributed by atoms with E-state index in [0.29, 0.717) is 37.9 Å². The summed E-state index contributed by atoms with van der Waals surface area (Å²) in [5.41, 5.74) is 0.130. The van der Waals surface area contributed by atoms with Crippen molar-refractivity contribution in [3.05, 3.63) is 55.1 Å². The Morgan fingerprint density at radius 2 is 1.23 bits per heavy atom. The number of carbonyl (C=O) groups is 5. The van der Waals surface area contributed by atoms with Crippen molar-refractivity contribution in [2.45, 2.75) is 70.6 Å². The first kappa shape index (κ1) is 34.5. The highest BCUT2D eigenvalue weighted by molar-refractivity contribution is 5.93. The molecule has 10 heteroatoms. The molecule has 1 aromatic carbocycles. The summed E-state index contributed by atoms with van der Waals surface area (Å²) in [6.07, 6.45) is 11.4. The van der Waals surface area contributed by atoms with Gasteiger partial charge in [-0.05, 0) is 94.1 Å². The first-order valence-corrected chi connectivity index (χ1v) is 15.5. The summed E-state index contributed by atoms with van der Waals surface area (Å²) in [5, 5.41) is 0. The molecule has 3 rings (SSSR count). The number of ether oxygens (including phenoxy) is 5. The molecular formula is C34H44O10. The minimum absolute atomic E-state index is 0.0501. The Morgan fingerprint density at radius 3 is 1.86 bits per heavy atom. The molecule has 0 heterocycles. The van der Waals surface area contributed by atoms with Crippen LogP contribution in [0.15, 0.2) is 49.6 Å². The molecule has 2 fully saturated rings. The van der Waals surface area contributed by atoms with Crippen LogP contribution in [0.2, 0.25) is 0 Å². The van der Waals surface area contributed by atoms with Gasteiger partial charge in [0.1, 0.15) is 24.5 Å². The van der Waals surface area contributed by atoms with Gasteiger partial charge in [0.05, 0.1) is 19.1 Å². The summed E-state index contributed by atoms with van der Waals surface area (Å²) in [7, 11) is 0. The molecule has 0 atom stereocenters. The van der Waals surface area contributed by atoms with Crippen LogP contribution in [-0.2, 0) is 38.1 Å². The molecule has 0 bridgehead atoms. The molecule has 2 aliphatic rings. The van der Waals surface area contributed by atoms with E-state index in [1.165, 1.54) is 6.07 Å². The molecule has 2 aliphatic carbocycles. The summed E-state index contributed by atoms with van der Waals surface area (Å²) in [6.45, 7) is 7.04. The molecule has 0 radical (unpaired) electrons. The van der Waals surface area contributed by atoms with Crippen LogP contribution < -0.4 is 4.74 Å². The van der Waals surface area contributed by atoms with Gasteiger partial charge in [0.2, 0.25) is 0 Å². The lowest BCUT2D eigenvalue weighted by atomic mass is 9.69. The van der Waals surface area contributed by atoms with Gasteiger partial charge in [-0.2, -0.15) is 0 Å². The zero-order valence-electron chi connectivity index (χ0n) is 25.4. The summed E-state index contributed by atoms with van der Waals surface area (Å²) in [6, 6.07) is 6.40. The van der Waals surface area contributed by atoms with Crippen LogP contribution in [0.25, 0.3) is 0 Å². The Morgan fingerprint density at radius 1 is 0.682 bits per heavy atom. The standard InChI is InChI=1S/C34H44O10/c1-3-30(35)40-19-7-8-20-42-33(38)27-17-15-26(16-18-27)25-13-11-24(12-14-25)23-32(37)44-29-10-6-5-9-28(29)34(39)43-22-21-41-31(36)4-2/h3-6,9-10,24-27H,1-2,7-8,11-23H2. The van der Waals surface area contributed by atoms with Crippen LogP contribution >= 0.6 is 0 Å². The highest BCUT2D eigenvalue weighted by atomic mass is 16.6. The van der Waals surface area contributed by atoms with Crippen LogP contribution in [0.4, 0.5) is 0 Å². The third kappa shape index (κ3) is 11.6. The average Bonchev–Trinajstić information content (AvgIpc) is 3.04. The van der Waals surface area contributed by atoms with E-state index in [4.69, 9.17) is 23.7 Å². The zero-order valence-corrected chi connectivity index (χ0v) is 25.4. The third-order valence-corrected chi connectivity index (χ3v) is 8.37. The lowest BCUT2D eigenvalue weighted by molar-refractivity contribution is -0.150. The average molecular weight is 613 g/mol. The van der Waals surface area contributed by atoms with Gasteiger partial charge >= 0.3 is 29.8 Å². The Hall–Kier alpha value is -3.95. The van der Waals surface area contributed by atoms with Crippen molar-refractivity contribution in [2.75, 3.05) is 26.4 Å². The summed E-state index contributed by atoms with van der Waals surface area (Å²) in [5.74, 6) is -0.734. The largest absolute Gasteiger partial charge is 0.465 e. The molecule has 0 N–H and O–H groups in total. The molecule has 0 saturated heterocycles. The van der Waals surface area contributed by atoms with Crippen LogP contribution in [0.1, 0.15) is 81.0 Å². The molecule has 0 aromatic heterocycles. The second-order valence-electron chi connectivity index (χ2n) is 11.3. The molecule has 0 amide bonds. The van der Waals surface area contributed by atoms with Crippen molar-refractivity contribution in [3.63, 3.8) is 0 Å². The van der Waals surface area contributed by atoms with Gasteiger partial charge in [-0.3, -0.25) is 9.59 Å². The topological polar surface area (TPSA) is 132 Å². The Labute approximate surface area is 259 Å². The number of carbonyl (C=O) groups excluding carboxylic acids is 5. The highest BCUT2D eigenvalue weighted by Crippen LogP contribution is 2.42. The third-order valence-electron chi connectivity index (χ3n) is 8.37. The maximum Gasteiger partial charge on any atom is 0.342 e. The predicted octanol–water partition coefficient (Wildman–Crippen LogP) is 5.53. The smallest absolute Gasteiger partial charge is 0.342 e.